The smallest absolute Gasteiger partial charge is 0.220 e. The number of nitrogens with one attached hydrogen (secondary N) is 1. The normalized spacial score (nSPS) is 10.3. The minimum Gasteiger partial charge on any atom is -0.379 e. The van der Waals surface area contributed by atoms with Gasteiger partial charge in [-0.1, -0.05) is 13.3 Å². The molecule has 1 N–H and O–H groups in total. The molecule has 0 saturated heterocycles. The second-order valence-electron chi connectivity index (χ2n) is 4.13. The van der Waals surface area contributed by atoms with Crippen molar-refractivity contribution in [3.05, 3.63) is 0 Å². The van der Waals surface area contributed by atoms with Crippen LogP contribution in [0.1, 0.15) is 39.5 Å². The Balaban J connectivity index is 3.15. The second-order valence-corrected chi connectivity index (χ2v) is 4.13. The zero-order valence-electron chi connectivity index (χ0n) is 11.5. The van der Waals surface area contributed by atoms with Crippen LogP contribution >= 0.6 is 0 Å². The van der Waals surface area contributed by atoms with E-state index in [2.05, 4.69) is 12.2 Å². The van der Waals surface area contributed by atoms with Crippen molar-refractivity contribution >= 4 is 11.7 Å². The van der Waals surface area contributed by atoms with E-state index in [1.807, 2.05) is 0 Å². The molecule has 0 spiro atoms. The highest BCUT2D eigenvalue weighted by Crippen LogP contribution is 1.90. The number of hydrogen-bond donors (Lipinski definition) is 1. The molecule has 0 aliphatic carbocycles. The zero-order chi connectivity index (χ0) is 13.6. The van der Waals surface area contributed by atoms with Crippen LogP contribution in [0.2, 0.25) is 0 Å². The van der Waals surface area contributed by atoms with Gasteiger partial charge in [0.05, 0.1) is 19.8 Å². The summed E-state index contributed by atoms with van der Waals surface area (Å²) in [4.78, 5) is 21.9. The van der Waals surface area contributed by atoms with Crippen LogP contribution in [0, 0.1) is 0 Å². The molecule has 106 valence electrons. The number of amides is 1. The van der Waals surface area contributed by atoms with Gasteiger partial charge >= 0.3 is 0 Å². The number of hydrogen-bond acceptors (Lipinski definition) is 4. The molecule has 0 aliphatic heterocycles. The molecular formula is C13H25NO4. The lowest BCUT2D eigenvalue weighted by Gasteiger charge is -2.06. The lowest BCUT2D eigenvalue weighted by molar-refractivity contribution is -0.124. The van der Waals surface area contributed by atoms with E-state index in [1.165, 1.54) is 6.92 Å². The minimum atomic E-state index is -0.104. The average Bonchev–Trinajstić information content (AvgIpc) is 2.34. The van der Waals surface area contributed by atoms with Crippen LogP contribution in [-0.4, -0.2) is 44.7 Å². The van der Waals surface area contributed by atoms with Crippen molar-refractivity contribution in [1.82, 2.24) is 5.32 Å². The maximum atomic E-state index is 11.2. The van der Waals surface area contributed by atoms with Crippen molar-refractivity contribution in [2.75, 3.05) is 33.0 Å². The molecule has 0 atom stereocenters. The molecule has 0 aromatic rings. The fraction of sp³-hybridized carbons (Fsp3) is 0.846. The first-order chi connectivity index (χ1) is 8.66. The van der Waals surface area contributed by atoms with E-state index >= 15 is 0 Å². The number of unbranched alkanes of at least 4 members (excludes halogenated alkanes) is 1. The van der Waals surface area contributed by atoms with Crippen LogP contribution in [0.15, 0.2) is 0 Å². The van der Waals surface area contributed by atoms with Gasteiger partial charge in [-0.15, -0.1) is 0 Å². The number of carbonyl (C=O) groups excluding carboxylic acids is 2. The molecule has 0 aromatic heterocycles. The van der Waals surface area contributed by atoms with Crippen LogP contribution in [0.25, 0.3) is 0 Å². The van der Waals surface area contributed by atoms with E-state index in [4.69, 9.17) is 9.47 Å². The molecule has 0 saturated carbocycles. The SMILES string of the molecule is CCCCOCCOCCNC(=O)CCC(C)=O. The maximum absolute atomic E-state index is 11.2. The third-order valence-electron chi connectivity index (χ3n) is 2.29. The van der Waals surface area contributed by atoms with Gasteiger partial charge in [0.1, 0.15) is 5.78 Å². The van der Waals surface area contributed by atoms with E-state index in [0.717, 1.165) is 19.4 Å². The lowest BCUT2D eigenvalue weighted by atomic mass is 10.2. The Morgan fingerprint density at radius 2 is 1.67 bits per heavy atom. The molecule has 0 heterocycles. The first kappa shape index (κ1) is 17.1. The number of ketones is 1. The van der Waals surface area contributed by atoms with Crippen molar-refractivity contribution in [1.29, 1.82) is 0 Å². The van der Waals surface area contributed by atoms with Gasteiger partial charge in [0, 0.05) is 26.0 Å². The molecule has 0 fully saturated rings. The van der Waals surface area contributed by atoms with Crippen molar-refractivity contribution in [3.63, 3.8) is 0 Å². The molecule has 1 amide bonds. The van der Waals surface area contributed by atoms with E-state index < -0.39 is 0 Å². The van der Waals surface area contributed by atoms with Crippen LogP contribution < -0.4 is 5.32 Å². The number of Topliss-reactive ketones (excluding diaryl/α,β-unsaturated/α-hetero) is 1. The Kier molecular flexibility index (Phi) is 11.9. The molecule has 18 heavy (non-hydrogen) atoms. The van der Waals surface area contributed by atoms with Crippen molar-refractivity contribution in [3.8, 4) is 0 Å². The van der Waals surface area contributed by atoms with Crippen molar-refractivity contribution < 1.29 is 19.1 Å². The number of ether oxygens (including phenoxy) is 2. The second kappa shape index (κ2) is 12.5. The number of rotatable bonds is 12. The third kappa shape index (κ3) is 13.1. The summed E-state index contributed by atoms with van der Waals surface area (Å²) in [6.45, 7) is 6.48. The molecule has 0 bridgehead atoms. The Morgan fingerprint density at radius 1 is 1.00 bits per heavy atom. The minimum absolute atomic E-state index is 0.0330. The van der Waals surface area contributed by atoms with Gasteiger partial charge in [0.15, 0.2) is 0 Å². The monoisotopic (exact) mass is 259 g/mol. The standard InChI is InChI=1S/C13H25NO4/c1-3-4-8-17-10-11-18-9-7-14-13(16)6-5-12(2)15/h3-11H2,1-2H3,(H,14,16). The van der Waals surface area contributed by atoms with Gasteiger partial charge in [-0.05, 0) is 13.3 Å². The quantitative estimate of drug-likeness (QED) is 0.537. The van der Waals surface area contributed by atoms with Crippen LogP contribution in [-0.2, 0) is 19.1 Å². The maximum Gasteiger partial charge on any atom is 0.220 e. The zero-order valence-corrected chi connectivity index (χ0v) is 11.5. The van der Waals surface area contributed by atoms with Crippen LogP contribution in [0.4, 0.5) is 0 Å². The highest BCUT2D eigenvalue weighted by atomic mass is 16.5. The van der Waals surface area contributed by atoms with Crippen LogP contribution in [0.3, 0.4) is 0 Å². The summed E-state index contributed by atoms with van der Waals surface area (Å²) in [6.07, 6.45) is 2.77. The van der Waals surface area contributed by atoms with Crippen molar-refractivity contribution in [2.45, 2.75) is 39.5 Å². The summed E-state index contributed by atoms with van der Waals surface area (Å²) < 4.78 is 10.6. The molecular weight excluding hydrogens is 234 g/mol. The van der Waals surface area contributed by atoms with E-state index in [-0.39, 0.29) is 18.1 Å². The van der Waals surface area contributed by atoms with Gasteiger partial charge < -0.3 is 19.6 Å². The number of carbonyl (C=O) groups is 2. The average molecular weight is 259 g/mol. The predicted molar refractivity (Wildman–Crippen MR) is 69.5 cm³/mol. The fourth-order valence-electron chi connectivity index (χ4n) is 1.21. The summed E-state index contributed by atoms with van der Waals surface area (Å²) in [7, 11) is 0. The molecule has 5 heteroatoms. The summed E-state index contributed by atoms with van der Waals surface area (Å²) in [6, 6.07) is 0. The topological polar surface area (TPSA) is 64.6 Å². The first-order valence-corrected chi connectivity index (χ1v) is 6.58. The fourth-order valence-corrected chi connectivity index (χ4v) is 1.21. The largest absolute Gasteiger partial charge is 0.379 e. The Labute approximate surface area is 109 Å². The molecule has 0 rings (SSSR count). The van der Waals surface area contributed by atoms with Gasteiger partial charge in [0.2, 0.25) is 5.91 Å². The van der Waals surface area contributed by atoms with Gasteiger partial charge in [-0.25, -0.2) is 0 Å². The molecule has 0 aromatic carbocycles. The van der Waals surface area contributed by atoms with Crippen molar-refractivity contribution in [2.24, 2.45) is 0 Å². The Morgan fingerprint density at radius 3 is 2.28 bits per heavy atom. The highest BCUT2D eigenvalue weighted by molar-refractivity contribution is 5.83. The molecule has 0 unspecified atom stereocenters. The predicted octanol–water partition coefficient (Wildman–Crippen LogP) is 1.31. The van der Waals surface area contributed by atoms with E-state index in [1.54, 1.807) is 0 Å². The Hall–Kier alpha value is -0.940. The summed E-state index contributed by atoms with van der Waals surface area (Å²) >= 11 is 0. The van der Waals surface area contributed by atoms with Crippen LogP contribution in [0.5, 0.6) is 0 Å². The van der Waals surface area contributed by atoms with Gasteiger partial charge in [-0.2, -0.15) is 0 Å². The lowest BCUT2D eigenvalue weighted by Crippen LogP contribution is -2.27. The third-order valence-corrected chi connectivity index (χ3v) is 2.29. The highest BCUT2D eigenvalue weighted by Gasteiger charge is 2.02. The van der Waals surface area contributed by atoms with E-state index in [9.17, 15) is 9.59 Å². The van der Waals surface area contributed by atoms with Gasteiger partial charge in [0.25, 0.3) is 0 Å². The summed E-state index contributed by atoms with van der Waals surface area (Å²) in [5, 5.41) is 2.69. The molecule has 0 radical (unpaired) electrons. The summed E-state index contributed by atoms with van der Waals surface area (Å²) in [5.74, 6) is -0.0707. The summed E-state index contributed by atoms with van der Waals surface area (Å²) in [5.41, 5.74) is 0. The molecule has 5 nitrogen and oxygen atoms in total. The van der Waals surface area contributed by atoms with E-state index in [0.29, 0.717) is 32.8 Å². The van der Waals surface area contributed by atoms with Gasteiger partial charge in [-0.3, -0.25) is 4.79 Å². The Bertz CT molecular complexity index is 231. The molecule has 0 aliphatic rings. The first-order valence-electron chi connectivity index (χ1n) is 6.58.